The zero-order valence-corrected chi connectivity index (χ0v) is 8.16. The number of aliphatic hydroxyl groups excluding tert-OH is 1. The molecule has 0 aromatic carbocycles. The van der Waals surface area contributed by atoms with Gasteiger partial charge in [-0.25, -0.2) is 4.79 Å². The summed E-state index contributed by atoms with van der Waals surface area (Å²) in [4.78, 5) is 21.9. The van der Waals surface area contributed by atoms with Crippen molar-refractivity contribution in [2.24, 2.45) is 0 Å². The lowest BCUT2D eigenvalue weighted by Gasteiger charge is -2.18. The van der Waals surface area contributed by atoms with Gasteiger partial charge in [-0.15, -0.1) is 0 Å². The van der Waals surface area contributed by atoms with E-state index in [9.17, 15) is 14.7 Å². The van der Waals surface area contributed by atoms with Gasteiger partial charge in [0.1, 0.15) is 0 Å². The fourth-order valence-electron chi connectivity index (χ4n) is 1.05. The van der Waals surface area contributed by atoms with E-state index in [0.717, 1.165) is 0 Å². The second-order valence-corrected chi connectivity index (χ2v) is 3.32. The van der Waals surface area contributed by atoms with E-state index in [-0.39, 0.29) is 6.54 Å². The number of carbonyl (C=O) groups excluding carboxylic acids is 2. The van der Waals surface area contributed by atoms with Crippen molar-refractivity contribution < 1.29 is 24.5 Å². The fraction of sp³-hybridized carbons (Fsp3) is 0.714. The van der Waals surface area contributed by atoms with Crippen LogP contribution in [0.4, 0.5) is 0 Å². The summed E-state index contributed by atoms with van der Waals surface area (Å²) in [6.07, 6.45) is -1.88. The van der Waals surface area contributed by atoms with Gasteiger partial charge in [0, 0.05) is 12.3 Å². The highest BCUT2D eigenvalue weighted by Gasteiger charge is 2.53. The van der Waals surface area contributed by atoms with Gasteiger partial charge in [0.25, 0.3) is 5.79 Å². The summed E-state index contributed by atoms with van der Waals surface area (Å²) in [5.74, 6) is -3.88. The van der Waals surface area contributed by atoms with E-state index in [0.29, 0.717) is 12.3 Å². The van der Waals surface area contributed by atoms with Crippen molar-refractivity contribution >= 4 is 24.4 Å². The SMILES string of the molecule is O=C1OC(O)(CNCCS)C(=O)C1O. The number of ketones is 1. The Bertz CT molecular complexity index is 258. The van der Waals surface area contributed by atoms with Crippen LogP contribution in [0.25, 0.3) is 0 Å². The molecule has 0 aromatic heterocycles. The van der Waals surface area contributed by atoms with Crippen molar-refractivity contribution in [3.05, 3.63) is 0 Å². The molecule has 3 N–H and O–H groups in total. The van der Waals surface area contributed by atoms with Crippen molar-refractivity contribution in [3.8, 4) is 0 Å². The second-order valence-electron chi connectivity index (χ2n) is 2.87. The summed E-state index contributed by atoms with van der Waals surface area (Å²) >= 11 is 3.90. The molecule has 80 valence electrons. The van der Waals surface area contributed by atoms with Crippen molar-refractivity contribution in [2.45, 2.75) is 11.9 Å². The quantitative estimate of drug-likeness (QED) is 0.184. The smallest absolute Gasteiger partial charge is 0.346 e. The first-order chi connectivity index (χ1) is 6.51. The first-order valence-electron chi connectivity index (χ1n) is 4.00. The van der Waals surface area contributed by atoms with Crippen LogP contribution < -0.4 is 5.32 Å². The average Bonchev–Trinajstić information content (AvgIpc) is 2.32. The van der Waals surface area contributed by atoms with E-state index >= 15 is 0 Å². The van der Waals surface area contributed by atoms with Gasteiger partial charge in [0.15, 0.2) is 0 Å². The standard InChI is InChI=1S/C7H11NO5S/c9-4-5(10)7(12,13-6(4)11)3-8-1-2-14/h4,8-9,12,14H,1-3H2. The molecule has 1 rings (SSSR count). The van der Waals surface area contributed by atoms with Crippen LogP contribution in [0.1, 0.15) is 0 Å². The molecule has 0 saturated carbocycles. The number of ether oxygens (including phenoxy) is 1. The lowest BCUT2D eigenvalue weighted by atomic mass is 10.1. The predicted octanol–water partition coefficient (Wildman–Crippen LogP) is -2.32. The third kappa shape index (κ3) is 2.06. The van der Waals surface area contributed by atoms with E-state index in [1.165, 1.54) is 0 Å². The van der Waals surface area contributed by atoms with Crippen LogP contribution in [0.5, 0.6) is 0 Å². The molecule has 0 spiro atoms. The number of esters is 1. The Morgan fingerprint density at radius 3 is 2.64 bits per heavy atom. The van der Waals surface area contributed by atoms with Gasteiger partial charge in [0.05, 0.1) is 6.54 Å². The third-order valence-corrected chi connectivity index (χ3v) is 2.00. The van der Waals surface area contributed by atoms with Gasteiger partial charge in [-0.3, -0.25) is 4.79 Å². The Hall–Kier alpha value is -0.630. The third-order valence-electron chi connectivity index (χ3n) is 1.78. The van der Waals surface area contributed by atoms with E-state index in [2.05, 4.69) is 22.7 Å². The number of cyclic esters (lactones) is 1. The number of hydrogen-bond donors (Lipinski definition) is 4. The highest BCUT2D eigenvalue weighted by atomic mass is 32.1. The minimum absolute atomic E-state index is 0.241. The Morgan fingerprint density at radius 1 is 1.57 bits per heavy atom. The van der Waals surface area contributed by atoms with Crippen LogP contribution in [-0.2, 0) is 14.3 Å². The van der Waals surface area contributed by atoms with E-state index < -0.39 is 23.6 Å². The van der Waals surface area contributed by atoms with Crippen molar-refractivity contribution in [2.75, 3.05) is 18.8 Å². The van der Waals surface area contributed by atoms with Crippen LogP contribution in [-0.4, -0.2) is 52.7 Å². The maximum absolute atomic E-state index is 11.1. The predicted molar refractivity (Wildman–Crippen MR) is 48.8 cm³/mol. The minimum atomic E-state index is -2.24. The van der Waals surface area contributed by atoms with Crippen LogP contribution in [0.3, 0.4) is 0 Å². The highest BCUT2D eigenvalue weighted by molar-refractivity contribution is 7.80. The molecule has 0 amide bonds. The molecule has 0 aromatic rings. The van der Waals surface area contributed by atoms with Gasteiger partial charge < -0.3 is 20.3 Å². The molecule has 1 aliphatic heterocycles. The summed E-state index contributed by atoms with van der Waals surface area (Å²) in [6.45, 7) is 0.210. The zero-order chi connectivity index (χ0) is 10.8. The molecule has 7 heteroatoms. The molecule has 6 nitrogen and oxygen atoms in total. The molecule has 1 aliphatic rings. The van der Waals surface area contributed by atoms with E-state index in [1.54, 1.807) is 0 Å². The minimum Gasteiger partial charge on any atom is -0.422 e. The number of rotatable bonds is 4. The Kier molecular flexibility index (Phi) is 3.48. The Morgan fingerprint density at radius 2 is 2.21 bits per heavy atom. The number of hydrogen-bond acceptors (Lipinski definition) is 7. The molecule has 0 aliphatic carbocycles. The van der Waals surface area contributed by atoms with Crippen molar-refractivity contribution in [1.29, 1.82) is 0 Å². The molecule has 1 saturated heterocycles. The van der Waals surface area contributed by atoms with Gasteiger partial charge in [0.2, 0.25) is 11.9 Å². The van der Waals surface area contributed by atoms with Crippen LogP contribution in [0.15, 0.2) is 0 Å². The number of aliphatic hydroxyl groups is 2. The Balaban J connectivity index is 2.57. The Labute approximate surface area is 85.7 Å². The largest absolute Gasteiger partial charge is 0.422 e. The van der Waals surface area contributed by atoms with E-state index in [4.69, 9.17) is 5.11 Å². The van der Waals surface area contributed by atoms with Gasteiger partial charge in [-0.05, 0) is 0 Å². The van der Waals surface area contributed by atoms with E-state index in [1.807, 2.05) is 0 Å². The summed E-state index contributed by atoms with van der Waals surface area (Å²) in [7, 11) is 0. The topological polar surface area (TPSA) is 95.9 Å². The van der Waals surface area contributed by atoms with Gasteiger partial charge in [-0.2, -0.15) is 12.6 Å². The number of nitrogens with one attached hydrogen (secondary N) is 1. The monoisotopic (exact) mass is 221 g/mol. The second kappa shape index (κ2) is 4.26. The molecule has 2 unspecified atom stereocenters. The lowest BCUT2D eigenvalue weighted by molar-refractivity contribution is -0.189. The van der Waals surface area contributed by atoms with Gasteiger partial charge >= 0.3 is 5.97 Å². The molecule has 14 heavy (non-hydrogen) atoms. The molecule has 0 radical (unpaired) electrons. The molecular formula is C7H11NO5S. The summed E-state index contributed by atoms with van der Waals surface area (Å²) in [6, 6.07) is 0. The molecule has 2 atom stereocenters. The molecule has 1 fully saturated rings. The average molecular weight is 221 g/mol. The van der Waals surface area contributed by atoms with Crippen LogP contribution >= 0.6 is 12.6 Å². The highest BCUT2D eigenvalue weighted by Crippen LogP contribution is 2.19. The lowest BCUT2D eigenvalue weighted by Crippen LogP contribution is -2.47. The first kappa shape index (κ1) is 11.4. The van der Waals surface area contributed by atoms with Crippen molar-refractivity contribution in [1.82, 2.24) is 5.32 Å². The van der Waals surface area contributed by atoms with Crippen molar-refractivity contribution in [3.63, 3.8) is 0 Å². The van der Waals surface area contributed by atoms with Gasteiger partial charge in [-0.1, -0.05) is 0 Å². The molecular weight excluding hydrogens is 210 g/mol. The molecule has 1 heterocycles. The zero-order valence-electron chi connectivity index (χ0n) is 7.27. The maximum atomic E-state index is 11.1. The normalized spacial score (nSPS) is 32.1. The fourth-order valence-corrected chi connectivity index (χ4v) is 1.21. The summed E-state index contributed by atoms with van der Waals surface area (Å²) < 4.78 is 4.35. The number of carbonyl (C=O) groups is 2. The summed E-state index contributed by atoms with van der Waals surface area (Å²) in [5.41, 5.74) is 0. The first-order valence-corrected chi connectivity index (χ1v) is 4.63. The van der Waals surface area contributed by atoms with Crippen LogP contribution in [0, 0.1) is 0 Å². The van der Waals surface area contributed by atoms with Crippen LogP contribution in [0.2, 0.25) is 0 Å². The number of thiol groups is 1. The summed E-state index contributed by atoms with van der Waals surface area (Å²) in [5, 5.41) is 21.1. The maximum Gasteiger partial charge on any atom is 0.346 e. The molecule has 0 bridgehead atoms. The number of Topliss-reactive ketones (excluding diaryl/α,β-unsaturated/α-hetero) is 1.